The van der Waals surface area contributed by atoms with E-state index in [1.54, 1.807) is 0 Å². The number of aryl methyl sites for hydroxylation is 4. The van der Waals surface area contributed by atoms with E-state index in [-0.39, 0.29) is 82.0 Å². The maximum atomic E-state index is 6.42. The van der Waals surface area contributed by atoms with Gasteiger partial charge in [0, 0.05) is 23.7 Å². The zero-order valence-electron chi connectivity index (χ0n) is 70.1. The van der Waals surface area contributed by atoms with Crippen LogP contribution < -0.4 is 55.9 Å². The molecule has 0 unspecified atom stereocenters. The first-order valence-corrected chi connectivity index (χ1v) is 45.6. The minimum atomic E-state index is -3.12. The molecule has 18 aromatic carbocycles. The number of hydrogen-bond acceptors (Lipinski definition) is 0. The SMILES string of the molecule is Cc1cc(C(c2ccccc2)c2ccccc2)c([N-][Si](c2ccccc2)(c2ccccc2)c2ccccc2)c(C(c2ccccc2)c2ccccc2)c1.Cc1cc(C(c2ccccc2)c2ccccc2)c([N-][Si](c2ccccc2)(c2ccccc2)c2ccccc2)c(C(c2ccccc2)c2ccccc2)c1.Cc1ccccc1.Cc1ccccc1.[Cl-].[Cl-].[Co+2].[Co+2]. The van der Waals surface area contributed by atoms with Crippen LogP contribution in [0.15, 0.2) is 510 Å². The standard InChI is InChI=1S/2C51H42NSi.2C7H8.2ClH.2Co/c2*1-39-37-47(49(40-23-9-2-10-24-40)41-25-11-3-12-26-41)51(48(38-39)50(42-27-13-4-14-28-42)43-29-15-5-16-30-43)52-53(44-31-17-6-18-32-44,45-33-19-7-20-34-45)46-35-21-8-22-36-46;2*1-7-5-3-2-4-6-7;;;;/h2*2-38,49-50H,1H3;2*2-6H,1H3;2*1H;;/q2*-1;;;;;2*+2/p-2. The molecule has 2 radical (unpaired) electrons. The molecule has 124 heavy (non-hydrogen) atoms. The molecule has 18 rings (SSSR count). The Morgan fingerprint density at radius 1 is 0.161 bits per heavy atom. The van der Waals surface area contributed by atoms with Crippen LogP contribution in [0, 0.1) is 27.7 Å². The third-order valence-electron chi connectivity index (χ3n) is 22.5. The molecule has 0 aliphatic carbocycles. The van der Waals surface area contributed by atoms with Crippen molar-refractivity contribution in [3.8, 4) is 0 Å². The molecule has 0 heterocycles. The summed E-state index contributed by atoms with van der Waals surface area (Å²) in [5, 5.41) is 7.51. The van der Waals surface area contributed by atoms with Gasteiger partial charge < -0.3 is 34.8 Å². The van der Waals surface area contributed by atoms with E-state index in [2.05, 4.69) is 501 Å². The Bertz CT molecular complexity index is 5160. The monoisotopic (exact) mass is 1760 g/mol. The van der Waals surface area contributed by atoms with E-state index >= 15 is 0 Å². The average molecular weight is 1770 g/mol. The minimum Gasteiger partial charge on any atom is -1.00 e. The Labute approximate surface area is 770 Å². The van der Waals surface area contributed by atoms with Crippen LogP contribution in [0.3, 0.4) is 0 Å². The van der Waals surface area contributed by atoms with E-state index in [1.807, 2.05) is 36.4 Å². The molecule has 0 fully saturated rings. The van der Waals surface area contributed by atoms with E-state index in [4.69, 9.17) is 9.96 Å². The van der Waals surface area contributed by atoms with Gasteiger partial charge in [-0.15, -0.1) is 11.4 Å². The number of nitrogens with zero attached hydrogens (tertiary/aromatic N) is 2. The van der Waals surface area contributed by atoms with Crippen molar-refractivity contribution in [2.45, 2.75) is 51.4 Å². The summed E-state index contributed by atoms with van der Waals surface area (Å²) in [5.74, 6) is -0.181. The van der Waals surface area contributed by atoms with Gasteiger partial charge in [0.25, 0.3) is 0 Å². The third-order valence-corrected chi connectivity index (χ3v) is 30.7. The molecule has 2 nitrogen and oxygen atoms in total. The van der Waals surface area contributed by atoms with Crippen molar-refractivity contribution < 1.29 is 58.4 Å². The predicted octanol–water partition coefficient (Wildman–Crippen LogP) is 20.0. The molecule has 0 amide bonds. The molecule has 0 aromatic heterocycles. The Morgan fingerprint density at radius 2 is 0.282 bits per heavy atom. The van der Waals surface area contributed by atoms with E-state index in [0.717, 1.165) is 11.4 Å². The summed E-state index contributed by atoms with van der Waals surface area (Å²) in [6.07, 6.45) is 0. The van der Waals surface area contributed by atoms with Gasteiger partial charge in [0.1, 0.15) is 0 Å². The van der Waals surface area contributed by atoms with Crippen LogP contribution in [-0.2, 0) is 33.6 Å². The van der Waals surface area contributed by atoms with Gasteiger partial charge in [-0.3, -0.25) is 0 Å². The summed E-state index contributed by atoms with van der Waals surface area (Å²) in [5.41, 5.74) is 22.0. The van der Waals surface area contributed by atoms with Crippen LogP contribution in [0.4, 0.5) is 11.4 Å². The average Bonchev–Trinajstić information content (AvgIpc) is 0.737. The van der Waals surface area contributed by atoms with Crippen molar-refractivity contribution in [2.75, 3.05) is 0 Å². The van der Waals surface area contributed by atoms with E-state index in [0.29, 0.717) is 0 Å². The molecule has 614 valence electrons. The van der Waals surface area contributed by atoms with Crippen LogP contribution in [0.2, 0.25) is 0 Å². The van der Waals surface area contributed by atoms with E-state index in [1.165, 1.54) is 120 Å². The third kappa shape index (κ3) is 22.1. The predicted molar refractivity (Wildman–Crippen MR) is 514 cm³/mol. The smallest absolute Gasteiger partial charge is 1.00 e. The maximum absolute atomic E-state index is 6.42. The first-order valence-electron chi connectivity index (χ1n) is 41.7. The fourth-order valence-corrected chi connectivity index (χ4v) is 25.1. The minimum absolute atomic E-state index is 0. The van der Waals surface area contributed by atoms with Gasteiger partial charge in [0.2, 0.25) is 0 Å². The van der Waals surface area contributed by atoms with Gasteiger partial charge in [0.15, 0.2) is 0 Å². The van der Waals surface area contributed by atoms with Gasteiger partial charge in [-0.25, -0.2) is 0 Å². The Hall–Kier alpha value is -12.4. The second-order valence-electron chi connectivity index (χ2n) is 30.8. The summed E-state index contributed by atoms with van der Waals surface area (Å²) >= 11 is 0. The van der Waals surface area contributed by atoms with Crippen molar-refractivity contribution >= 4 is 59.0 Å². The van der Waals surface area contributed by atoms with Crippen LogP contribution in [0.25, 0.3) is 9.96 Å². The van der Waals surface area contributed by atoms with Crippen molar-refractivity contribution in [1.29, 1.82) is 0 Å². The summed E-state index contributed by atoms with van der Waals surface area (Å²) < 4.78 is 0. The normalized spacial score (nSPS) is 10.8. The maximum Gasteiger partial charge on any atom is 2.00 e. The first kappa shape index (κ1) is 92.3. The molecule has 0 atom stereocenters. The van der Waals surface area contributed by atoms with Gasteiger partial charge in [-0.05, 0) is 72.2 Å². The molecule has 0 N–H and O–H groups in total. The van der Waals surface area contributed by atoms with Gasteiger partial charge in [-0.1, -0.05) is 585 Å². The Balaban J connectivity index is 0.000000202. The van der Waals surface area contributed by atoms with Gasteiger partial charge in [-0.2, -0.15) is 0 Å². The summed E-state index contributed by atoms with van der Waals surface area (Å²) in [4.78, 5) is 12.8. The number of rotatable bonds is 22. The van der Waals surface area contributed by atoms with Crippen LogP contribution in [0.5, 0.6) is 0 Å². The summed E-state index contributed by atoms with van der Waals surface area (Å²) in [6.45, 7) is 8.65. The van der Waals surface area contributed by atoms with Crippen LogP contribution in [-0.4, -0.2) is 16.5 Å². The van der Waals surface area contributed by atoms with Gasteiger partial charge >= 0.3 is 33.6 Å². The molecule has 0 spiro atoms. The fraction of sp³-hybridized carbons (Fsp3) is 0.0690. The number of hydrogen-bond donors (Lipinski definition) is 0. The van der Waals surface area contributed by atoms with E-state index < -0.39 is 16.5 Å². The molecule has 0 bridgehead atoms. The van der Waals surface area contributed by atoms with Crippen molar-refractivity contribution in [3.63, 3.8) is 0 Å². The molecular formula is C116H100Cl2Co2N2Si2. The molecule has 0 aliphatic heterocycles. The van der Waals surface area contributed by atoms with Crippen LogP contribution in [0.1, 0.15) is 113 Å². The molecule has 0 saturated heterocycles. The molecule has 0 saturated carbocycles. The van der Waals surface area contributed by atoms with Crippen LogP contribution >= 0.6 is 0 Å². The zero-order valence-corrected chi connectivity index (χ0v) is 75.7. The molecule has 8 heteroatoms. The summed E-state index contributed by atoms with van der Waals surface area (Å²) in [7, 11) is -6.23. The topological polar surface area (TPSA) is 28.2 Å². The number of halogens is 2. The quantitative estimate of drug-likeness (QED) is 0.0478. The van der Waals surface area contributed by atoms with Gasteiger partial charge in [0.05, 0.1) is 16.5 Å². The Morgan fingerprint density at radius 3 is 0.403 bits per heavy atom. The molecule has 0 aliphatic rings. The first-order chi connectivity index (χ1) is 59.2. The molecular weight excluding hydrogens is 1670 g/mol. The molecule has 18 aromatic rings. The number of benzene rings is 18. The summed E-state index contributed by atoms with van der Waals surface area (Å²) in [6, 6.07) is 184. The largest absolute Gasteiger partial charge is 2.00 e. The zero-order chi connectivity index (χ0) is 82.0. The van der Waals surface area contributed by atoms with Crippen molar-refractivity contribution in [1.82, 2.24) is 0 Å². The fourth-order valence-electron chi connectivity index (χ4n) is 17.0. The second kappa shape index (κ2) is 46.2. The van der Waals surface area contributed by atoms with Crippen molar-refractivity contribution in [3.05, 3.63) is 609 Å². The van der Waals surface area contributed by atoms with Crippen molar-refractivity contribution in [2.24, 2.45) is 0 Å². The Kier molecular flexibility index (Phi) is 34.4. The second-order valence-corrected chi connectivity index (χ2v) is 37.5. The van der Waals surface area contributed by atoms with E-state index in [9.17, 15) is 0 Å².